The third kappa shape index (κ3) is 2.12. The molecule has 1 rings (SSSR count). The molecule has 0 spiro atoms. The van der Waals surface area contributed by atoms with Crippen molar-refractivity contribution in [3.63, 3.8) is 0 Å². The van der Waals surface area contributed by atoms with Crippen LogP contribution in [0.5, 0.6) is 0 Å². The fourth-order valence-electron chi connectivity index (χ4n) is 1.17. The van der Waals surface area contributed by atoms with Gasteiger partial charge in [-0.05, 0) is 22.4 Å². The Bertz CT molecular complexity index is 315. The van der Waals surface area contributed by atoms with Crippen LogP contribution in [-0.4, -0.2) is 0 Å². The van der Waals surface area contributed by atoms with Crippen LogP contribution in [0, 0.1) is 10.8 Å². The van der Waals surface area contributed by atoms with Crippen LogP contribution in [0.4, 0.5) is 0 Å². The predicted molar refractivity (Wildman–Crippen MR) is 56.3 cm³/mol. The lowest BCUT2D eigenvalue weighted by Gasteiger charge is -2.06. The van der Waals surface area contributed by atoms with Gasteiger partial charge in [-0.3, -0.25) is 0 Å². The SMILES string of the molecule is CC(C)c1ccccc1C#CBr. The second-order valence-electron chi connectivity index (χ2n) is 2.96. The van der Waals surface area contributed by atoms with Crippen molar-refractivity contribution in [1.82, 2.24) is 0 Å². The van der Waals surface area contributed by atoms with E-state index < -0.39 is 0 Å². The molecule has 0 saturated carbocycles. The minimum atomic E-state index is 0.537. The lowest BCUT2D eigenvalue weighted by atomic mass is 9.98. The van der Waals surface area contributed by atoms with Crippen LogP contribution in [0.3, 0.4) is 0 Å². The minimum absolute atomic E-state index is 0.537. The average Bonchev–Trinajstić information content (AvgIpc) is 2.05. The first-order chi connectivity index (χ1) is 5.75. The van der Waals surface area contributed by atoms with Crippen molar-refractivity contribution in [1.29, 1.82) is 0 Å². The summed E-state index contributed by atoms with van der Waals surface area (Å²) >= 11 is 3.11. The molecule has 0 bridgehead atoms. The Morgan fingerprint density at radius 3 is 2.50 bits per heavy atom. The van der Waals surface area contributed by atoms with Crippen molar-refractivity contribution in [2.75, 3.05) is 0 Å². The molecule has 1 aromatic rings. The van der Waals surface area contributed by atoms with Crippen LogP contribution >= 0.6 is 15.9 Å². The van der Waals surface area contributed by atoms with Gasteiger partial charge in [0.05, 0.1) is 0 Å². The molecule has 0 aliphatic carbocycles. The first kappa shape index (κ1) is 9.35. The highest BCUT2D eigenvalue weighted by Gasteiger charge is 2.02. The zero-order chi connectivity index (χ0) is 8.97. The van der Waals surface area contributed by atoms with Gasteiger partial charge < -0.3 is 0 Å². The van der Waals surface area contributed by atoms with Crippen molar-refractivity contribution in [2.24, 2.45) is 0 Å². The number of benzene rings is 1. The maximum atomic E-state index is 3.11. The Morgan fingerprint density at radius 2 is 1.92 bits per heavy atom. The molecule has 0 nitrogen and oxygen atoms in total. The van der Waals surface area contributed by atoms with Gasteiger partial charge in [0.15, 0.2) is 0 Å². The standard InChI is InChI=1S/C11H11Br/c1-9(2)11-6-4-3-5-10(11)7-8-12/h3-6,9H,1-2H3. The molecule has 0 heterocycles. The summed E-state index contributed by atoms with van der Waals surface area (Å²) < 4.78 is 0. The van der Waals surface area contributed by atoms with Gasteiger partial charge in [-0.2, -0.15) is 0 Å². The molecule has 0 aromatic heterocycles. The van der Waals surface area contributed by atoms with E-state index in [0.29, 0.717) is 5.92 Å². The van der Waals surface area contributed by atoms with Crippen LogP contribution in [0.2, 0.25) is 0 Å². The second-order valence-corrected chi connectivity index (χ2v) is 3.36. The zero-order valence-electron chi connectivity index (χ0n) is 7.26. The molecule has 0 saturated heterocycles. The van der Waals surface area contributed by atoms with Crippen LogP contribution in [0.1, 0.15) is 30.9 Å². The third-order valence-corrected chi connectivity index (χ3v) is 1.96. The van der Waals surface area contributed by atoms with Crippen LogP contribution in [0.15, 0.2) is 24.3 Å². The molecule has 0 N–H and O–H groups in total. The van der Waals surface area contributed by atoms with Gasteiger partial charge in [-0.25, -0.2) is 0 Å². The van der Waals surface area contributed by atoms with E-state index in [0.717, 1.165) is 5.56 Å². The zero-order valence-corrected chi connectivity index (χ0v) is 8.85. The van der Waals surface area contributed by atoms with E-state index in [9.17, 15) is 0 Å². The molecule has 0 aliphatic heterocycles. The van der Waals surface area contributed by atoms with E-state index in [-0.39, 0.29) is 0 Å². The molecule has 1 heteroatoms. The number of hydrogen-bond acceptors (Lipinski definition) is 0. The minimum Gasteiger partial charge on any atom is -0.0619 e. The Labute approximate surface area is 82.1 Å². The highest BCUT2D eigenvalue weighted by Crippen LogP contribution is 2.17. The monoisotopic (exact) mass is 222 g/mol. The highest BCUT2D eigenvalue weighted by atomic mass is 79.9. The Balaban J connectivity index is 3.14. The molecule has 0 radical (unpaired) electrons. The van der Waals surface area contributed by atoms with Gasteiger partial charge in [-0.15, -0.1) is 0 Å². The summed E-state index contributed by atoms with van der Waals surface area (Å²) in [7, 11) is 0. The van der Waals surface area contributed by atoms with Gasteiger partial charge in [0, 0.05) is 21.5 Å². The van der Waals surface area contributed by atoms with Crippen molar-refractivity contribution < 1.29 is 0 Å². The maximum Gasteiger partial charge on any atom is 0.0288 e. The van der Waals surface area contributed by atoms with Gasteiger partial charge in [0.2, 0.25) is 0 Å². The second kappa shape index (κ2) is 4.33. The van der Waals surface area contributed by atoms with Crippen LogP contribution in [0.25, 0.3) is 0 Å². The summed E-state index contributed by atoms with van der Waals surface area (Å²) in [5.41, 5.74) is 2.42. The van der Waals surface area contributed by atoms with Crippen LogP contribution < -0.4 is 0 Å². The van der Waals surface area contributed by atoms with Crippen molar-refractivity contribution in [2.45, 2.75) is 19.8 Å². The molecule has 1 aromatic carbocycles. The number of halogens is 1. The largest absolute Gasteiger partial charge is 0.0619 e. The van der Waals surface area contributed by atoms with E-state index in [2.05, 4.69) is 52.7 Å². The molecule has 0 fully saturated rings. The van der Waals surface area contributed by atoms with E-state index in [4.69, 9.17) is 0 Å². The predicted octanol–water partition coefficient (Wildman–Crippen LogP) is 3.51. The highest BCUT2D eigenvalue weighted by molar-refractivity contribution is 9.12. The Kier molecular flexibility index (Phi) is 3.37. The Hall–Kier alpha value is -0.740. The summed E-state index contributed by atoms with van der Waals surface area (Å²) in [5, 5.41) is 0. The first-order valence-corrected chi connectivity index (χ1v) is 4.75. The van der Waals surface area contributed by atoms with Gasteiger partial charge >= 0.3 is 0 Å². The lowest BCUT2D eigenvalue weighted by molar-refractivity contribution is 0.863. The molecule has 62 valence electrons. The fraction of sp³-hybridized carbons (Fsp3) is 0.273. The molecule has 0 atom stereocenters. The van der Waals surface area contributed by atoms with Crippen molar-refractivity contribution in [3.05, 3.63) is 35.4 Å². The van der Waals surface area contributed by atoms with Gasteiger partial charge in [0.25, 0.3) is 0 Å². The van der Waals surface area contributed by atoms with E-state index >= 15 is 0 Å². The van der Waals surface area contributed by atoms with Crippen LogP contribution in [-0.2, 0) is 0 Å². The van der Waals surface area contributed by atoms with Gasteiger partial charge in [0.1, 0.15) is 0 Å². The summed E-state index contributed by atoms with van der Waals surface area (Å²) in [6.45, 7) is 4.35. The molecule has 0 aliphatic rings. The normalized spacial score (nSPS) is 9.33. The summed E-state index contributed by atoms with van der Waals surface area (Å²) in [6, 6.07) is 8.23. The smallest absolute Gasteiger partial charge is 0.0288 e. The fourth-order valence-corrected chi connectivity index (χ4v) is 1.38. The first-order valence-electron chi connectivity index (χ1n) is 3.96. The lowest BCUT2D eigenvalue weighted by Crippen LogP contribution is -1.91. The molecular formula is C11H11Br. The molecule has 12 heavy (non-hydrogen) atoms. The van der Waals surface area contributed by atoms with E-state index in [1.807, 2.05) is 12.1 Å². The molecular weight excluding hydrogens is 212 g/mol. The summed E-state index contributed by atoms with van der Waals surface area (Å²) in [5.74, 6) is 3.56. The van der Waals surface area contributed by atoms with Crippen molar-refractivity contribution >= 4 is 15.9 Å². The maximum absolute atomic E-state index is 3.11. The van der Waals surface area contributed by atoms with E-state index in [1.54, 1.807) is 0 Å². The van der Waals surface area contributed by atoms with Crippen molar-refractivity contribution in [3.8, 4) is 10.8 Å². The number of hydrogen-bond donors (Lipinski definition) is 0. The number of rotatable bonds is 1. The summed E-state index contributed by atoms with van der Waals surface area (Å²) in [6.07, 6.45) is 0. The summed E-state index contributed by atoms with van der Waals surface area (Å²) in [4.78, 5) is 2.74. The van der Waals surface area contributed by atoms with Gasteiger partial charge in [-0.1, -0.05) is 38.0 Å². The third-order valence-electron chi connectivity index (χ3n) is 1.76. The molecule has 0 amide bonds. The Morgan fingerprint density at radius 1 is 1.25 bits per heavy atom. The van der Waals surface area contributed by atoms with E-state index in [1.165, 1.54) is 5.56 Å². The quantitative estimate of drug-likeness (QED) is 0.639. The molecule has 0 unspecified atom stereocenters. The topological polar surface area (TPSA) is 0 Å². The average molecular weight is 223 g/mol.